The predicted octanol–water partition coefficient (Wildman–Crippen LogP) is 3.27. The molecule has 0 saturated heterocycles. The lowest BCUT2D eigenvalue weighted by molar-refractivity contribution is -0.115. The zero-order valence-electron chi connectivity index (χ0n) is 8.01. The molecule has 74 valence electrons. The van der Waals surface area contributed by atoms with E-state index in [1.54, 1.807) is 6.08 Å². The predicted molar refractivity (Wildman–Crippen MR) is 62.3 cm³/mol. The van der Waals surface area contributed by atoms with Gasteiger partial charge in [-0.2, -0.15) is 0 Å². The first-order chi connectivity index (χ1) is 6.65. The largest absolute Gasteiger partial charge is 0.326 e. The van der Waals surface area contributed by atoms with E-state index < -0.39 is 0 Å². The topological polar surface area (TPSA) is 29.1 Å². The molecule has 0 radical (unpaired) electrons. The van der Waals surface area contributed by atoms with E-state index in [-0.39, 0.29) is 5.91 Å². The van der Waals surface area contributed by atoms with Crippen molar-refractivity contribution in [2.75, 3.05) is 5.32 Å². The molecule has 14 heavy (non-hydrogen) atoms. The Labute approximate surface area is 92.1 Å². The van der Waals surface area contributed by atoms with E-state index in [1.165, 1.54) is 0 Å². The van der Waals surface area contributed by atoms with Gasteiger partial charge in [0.05, 0.1) is 0 Å². The minimum atomic E-state index is -0.0406. The number of carbonyl (C=O) groups is 1. The third kappa shape index (κ3) is 2.70. The SMILES string of the molecule is C=CCC(=O)Nc1cccc(Br)c1C. The van der Waals surface area contributed by atoms with Gasteiger partial charge in [0.25, 0.3) is 0 Å². The molecule has 1 amide bonds. The summed E-state index contributed by atoms with van der Waals surface area (Å²) in [6.07, 6.45) is 1.93. The van der Waals surface area contributed by atoms with Crippen molar-refractivity contribution in [3.05, 3.63) is 40.9 Å². The van der Waals surface area contributed by atoms with Crippen molar-refractivity contribution in [3.8, 4) is 0 Å². The standard InChI is InChI=1S/C11H12BrNO/c1-3-5-11(14)13-10-7-4-6-9(12)8(10)2/h3-4,6-7H,1,5H2,2H3,(H,13,14). The highest BCUT2D eigenvalue weighted by Crippen LogP contribution is 2.23. The van der Waals surface area contributed by atoms with E-state index in [4.69, 9.17) is 0 Å². The van der Waals surface area contributed by atoms with E-state index in [1.807, 2.05) is 25.1 Å². The lowest BCUT2D eigenvalue weighted by Gasteiger charge is -2.08. The lowest BCUT2D eigenvalue weighted by Crippen LogP contribution is -2.10. The number of halogens is 1. The van der Waals surface area contributed by atoms with E-state index in [2.05, 4.69) is 27.8 Å². The van der Waals surface area contributed by atoms with E-state index in [0.717, 1.165) is 15.7 Å². The fourth-order valence-corrected chi connectivity index (χ4v) is 1.44. The molecule has 0 bridgehead atoms. The third-order valence-electron chi connectivity index (χ3n) is 1.87. The van der Waals surface area contributed by atoms with Crippen LogP contribution in [-0.2, 0) is 4.79 Å². The van der Waals surface area contributed by atoms with Gasteiger partial charge in [0, 0.05) is 16.6 Å². The van der Waals surface area contributed by atoms with Crippen molar-refractivity contribution in [2.45, 2.75) is 13.3 Å². The normalized spacial score (nSPS) is 9.57. The molecule has 0 aromatic heterocycles. The Morgan fingerprint density at radius 2 is 2.36 bits per heavy atom. The zero-order valence-corrected chi connectivity index (χ0v) is 9.60. The monoisotopic (exact) mass is 253 g/mol. The summed E-state index contributed by atoms with van der Waals surface area (Å²) in [5.41, 5.74) is 1.87. The highest BCUT2D eigenvalue weighted by molar-refractivity contribution is 9.10. The van der Waals surface area contributed by atoms with Crippen molar-refractivity contribution in [2.24, 2.45) is 0 Å². The van der Waals surface area contributed by atoms with Crippen molar-refractivity contribution in [3.63, 3.8) is 0 Å². The van der Waals surface area contributed by atoms with Crippen LogP contribution in [-0.4, -0.2) is 5.91 Å². The summed E-state index contributed by atoms with van der Waals surface area (Å²) in [7, 11) is 0. The molecule has 1 N–H and O–H groups in total. The maximum atomic E-state index is 11.3. The highest BCUT2D eigenvalue weighted by atomic mass is 79.9. The molecule has 0 saturated carbocycles. The van der Waals surface area contributed by atoms with Crippen LogP contribution in [0.3, 0.4) is 0 Å². The Balaban J connectivity index is 2.81. The molecule has 1 rings (SSSR count). The van der Waals surface area contributed by atoms with Crippen molar-refractivity contribution in [1.82, 2.24) is 0 Å². The zero-order chi connectivity index (χ0) is 10.6. The molecule has 1 aromatic carbocycles. The molecule has 0 atom stereocenters. The van der Waals surface area contributed by atoms with Gasteiger partial charge < -0.3 is 5.32 Å². The van der Waals surface area contributed by atoms with Crippen LogP contribution in [0.15, 0.2) is 35.3 Å². The minimum Gasteiger partial charge on any atom is -0.326 e. The van der Waals surface area contributed by atoms with Gasteiger partial charge in [0.15, 0.2) is 0 Å². The molecule has 0 aliphatic carbocycles. The number of amides is 1. The molecule has 3 heteroatoms. The summed E-state index contributed by atoms with van der Waals surface area (Å²) in [6.45, 7) is 5.46. The number of anilines is 1. The second-order valence-corrected chi connectivity index (χ2v) is 3.81. The van der Waals surface area contributed by atoms with Crippen LogP contribution in [0, 0.1) is 6.92 Å². The van der Waals surface area contributed by atoms with Crippen molar-refractivity contribution < 1.29 is 4.79 Å². The summed E-state index contributed by atoms with van der Waals surface area (Å²) < 4.78 is 0.994. The van der Waals surface area contributed by atoms with Crippen LogP contribution in [0.25, 0.3) is 0 Å². The second-order valence-electron chi connectivity index (χ2n) is 2.95. The van der Waals surface area contributed by atoms with Gasteiger partial charge in [-0.3, -0.25) is 4.79 Å². The number of rotatable bonds is 3. The molecule has 2 nitrogen and oxygen atoms in total. The van der Waals surface area contributed by atoms with Gasteiger partial charge in [0.2, 0.25) is 5.91 Å². The number of hydrogen-bond donors (Lipinski definition) is 1. The molecule has 0 unspecified atom stereocenters. The summed E-state index contributed by atoms with van der Waals surface area (Å²) in [5, 5.41) is 2.81. The third-order valence-corrected chi connectivity index (χ3v) is 2.73. The second kappa shape index (κ2) is 4.96. The summed E-state index contributed by atoms with van der Waals surface area (Å²) in [4.78, 5) is 11.3. The summed E-state index contributed by atoms with van der Waals surface area (Å²) in [5.74, 6) is -0.0406. The first-order valence-corrected chi connectivity index (χ1v) is 5.10. The smallest absolute Gasteiger partial charge is 0.228 e. The first kappa shape index (κ1) is 11.0. The van der Waals surface area contributed by atoms with Gasteiger partial charge in [-0.1, -0.05) is 28.1 Å². The van der Waals surface area contributed by atoms with E-state index >= 15 is 0 Å². The molecule has 0 aliphatic heterocycles. The number of carbonyl (C=O) groups excluding carboxylic acids is 1. The highest BCUT2D eigenvalue weighted by Gasteiger charge is 2.04. The Morgan fingerprint density at radius 3 is 3.00 bits per heavy atom. The molecule has 0 aliphatic rings. The molecular formula is C11H12BrNO. The number of hydrogen-bond acceptors (Lipinski definition) is 1. The average molecular weight is 254 g/mol. The molecule has 1 aromatic rings. The molecule has 0 heterocycles. The fraction of sp³-hybridized carbons (Fsp3) is 0.182. The van der Waals surface area contributed by atoms with Crippen molar-refractivity contribution in [1.29, 1.82) is 0 Å². The maximum absolute atomic E-state index is 11.3. The van der Waals surface area contributed by atoms with Gasteiger partial charge in [0.1, 0.15) is 0 Å². The van der Waals surface area contributed by atoms with E-state index in [0.29, 0.717) is 6.42 Å². The van der Waals surface area contributed by atoms with Crippen LogP contribution in [0.2, 0.25) is 0 Å². The van der Waals surface area contributed by atoms with Gasteiger partial charge in [-0.05, 0) is 24.6 Å². The quantitative estimate of drug-likeness (QED) is 0.824. The Kier molecular flexibility index (Phi) is 3.89. The Hall–Kier alpha value is -1.09. The molecule has 0 fully saturated rings. The molecular weight excluding hydrogens is 242 g/mol. The fourth-order valence-electron chi connectivity index (χ4n) is 1.08. The maximum Gasteiger partial charge on any atom is 0.228 e. The summed E-state index contributed by atoms with van der Waals surface area (Å²) >= 11 is 3.40. The van der Waals surface area contributed by atoms with E-state index in [9.17, 15) is 4.79 Å². The van der Waals surface area contributed by atoms with Gasteiger partial charge >= 0.3 is 0 Å². The van der Waals surface area contributed by atoms with Crippen LogP contribution in [0.1, 0.15) is 12.0 Å². The number of nitrogens with one attached hydrogen (secondary N) is 1. The van der Waals surface area contributed by atoms with Crippen LogP contribution in [0.5, 0.6) is 0 Å². The lowest BCUT2D eigenvalue weighted by atomic mass is 10.2. The number of benzene rings is 1. The van der Waals surface area contributed by atoms with Crippen molar-refractivity contribution >= 4 is 27.5 Å². The van der Waals surface area contributed by atoms with Crippen LogP contribution < -0.4 is 5.32 Å². The Bertz CT molecular complexity index is 360. The Morgan fingerprint density at radius 1 is 1.64 bits per heavy atom. The van der Waals surface area contributed by atoms with Gasteiger partial charge in [-0.15, -0.1) is 6.58 Å². The molecule has 0 spiro atoms. The minimum absolute atomic E-state index is 0.0406. The van der Waals surface area contributed by atoms with Crippen LogP contribution in [0.4, 0.5) is 5.69 Å². The first-order valence-electron chi connectivity index (χ1n) is 4.31. The van der Waals surface area contributed by atoms with Crippen LogP contribution >= 0.6 is 15.9 Å². The van der Waals surface area contributed by atoms with Gasteiger partial charge in [-0.25, -0.2) is 0 Å². The average Bonchev–Trinajstić information content (AvgIpc) is 2.13. The summed E-state index contributed by atoms with van der Waals surface area (Å²) in [6, 6.07) is 5.71.